The maximum atomic E-state index is 12.7. The molecule has 1 N–H and O–H groups in total. The summed E-state index contributed by atoms with van der Waals surface area (Å²) in [6.45, 7) is 1.63. The second kappa shape index (κ2) is 4.02. The van der Waals surface area contributed by atoms with Gasteiger partial charge in [-0.05, 0) is 24.6 Å². The molecule has 2 bridgehead atoms. The number of fused-ring (bicyclic) bond motifs is 5. The molecule has 1 aromatic rings. The monoisotopic (exact) mass is 285 g/mol. The fourth-order valence-corrected chi connectivity index (χ4v) is 3.71. The van der Waals surface area contributed by atoms with E-state index in [0.717, 1.165) is 5.56 Å². The highest BCUT2D eigenvalue weighted by molar-refractivity contribution is 6.23. The molecule has 4 rings (SSSR count). The smallest absolute Gasteiger partial charge is 0.241 e. The van der Waals surface area contributed by atoms with Gasteiger partial charge in [-0.15, -0.1) is 0 Å². The molecule has 3 aliphatic rings. The quantitative estimate of drug-likeness (QED) is 0.645. The molecule has 2 amide bonds. The number of carbonyl (C=O) groups is 2. The fraction of sp³-hybridized carbons (Fsp3) is 0.375. The average molecular weight is 285 g/mol. The number of hydrogen-bond donors (Lipinski definition) is 1. The highest BCUT2D eigenvalue weighted by Crippen LogP contribution is 2.52. The molecule has 1 aromatic carbocycles. The molecule has 4 atom stereocenters. The van der Waals surface area contributed by atoms with Crippen molar-refractivity contribution in [3.05, 3.63) is 42.0 Å². The van der Waals surface area contributed by atoms with Crippen molar-refractivity contribution in [1.82, 2.24) is 0 Å². The number of anilines is 1. The van der Waals surface area contributed by atoms with Crippen LogP contribution >= 0.6 is 0 Å². The highest BCUT2D eigenvalue weighted by atomic mass is 16.5. The number of benzene rings is 1. The first-order valence-electron chi connectivity index (χ1n) is 7.00. The van der Waals surface area contributed by atoms with Gasteiger partial charge in [0.05, 0.1) is 30.2 Å². The van der Waals surface area contributed by atoms with Gasteiger partial charge in [-0.25, -0.2) is 4.90 Å². The number of aliphatic hydroxyl groups excluding tert-OH is 1. The van der Waals surface area contributed by atoms with Crippen molar-refractivity contribution < 1.29 is 19.4 Å². The molecule has 2 fully saturated rings. The van der Waals surface area contributed by atoms with Crippen LogP contribution in [0.5, 0.6) is 0 Å². The zero-order valence-electron chi connectivity index (χ0n) is 11.5. The molecule has 3 aliphatic heterocycles. The number of imide groups is 1. The fourth-order valence-electron chi connectivity index (χ4n) is 3.71. The highest BCUT2D eigenvalue weighted by Gasteiger charge is 2.67. The Kier molecular flexibility index (Phi) is 2.44. The summed E-state index contributed by atoms with van der Waals surface area (Å²) in [6.07, 6.45) is 3.10. The van der Waals surface area contributed by atoms with E-state index < -0.39 is 23.5 Å². The van der Waals surface area contributed by atoms with Crippen molar-refractivity contribution in [2.24, 2.45) is 11.8 Å². The largest absolute Gasteiger partial charge is 0.393 e. The summed E-state index contributed by atoms with van der Waals surface area (Å²) in [4.78, 5) is 26.7. The molecule has 3 heterocycles. The second-order valence-electron chi connectivity index (χ2n) is 5.91. The lowest BCUT2D eigenvalue weighted by Gasteiger charge is -2.26. The third-order valence-corrected chi connectivity index (χ3v) is 4.66. The van der Waals surface area contributed by atoms with E-state index in [1.54, 1.807) is 18.2 Å². The van der Waals surface area contributed by atoms with Crippen LogP contribution in [0.4, 0.5) is 5.69 Å². The molecule has 5 nitrogen and oxygen atoms in total. The molecule has 21 heavy (non-hydrogen) atoms. The van der Waals surface area contributed by atoms with E-state index in [4.69, 9.17) is 4.74 Å². The van der Waals surface area contributed by atoms with E-state index >= 15 is 0 Å². The van der Waals surface area contributed by atoms with Crippen LogP contribution in [0.2, 0.25) is 0 Å². The zero-order chi connectivity index (χ0) is 14.8. The molecular formula is C16H15NO4. The lowest BCUT2D eigenvalue weighted by atomic mass is 9.77. The van der Waals surface area contributed by atoms with E-state index in [0.29, 0.717) is 5.69 Å². The number of ether oxygens (including phenoxy) is 1. The minimum Gasteiger partial charge on any atom is -0.393 e. The first kappa shape index (κ1) is 12.7. The van der Waals surface area contributed by atoms with Crippen molar-refractivity contribution in [1.29, 1.82) is 0 Å². The van der Waals surface area contributed by atoms with Gasteiger partial charge in [-0.1, -0.05) is 24.3 Å². The number of amides is 2. The van der Waals surface area contributed by atoms with E-state index in [9.17, 15) is 14.7 Å². The molecule has 108 valence electrons. The van der Waals surface area contributed by atoms with Gasteiger partial charge in [0.15, 0.2) is 0 Å². The lowest BCUT2D eigenvalue weighted by Crippen LogP contribution is -2.43. The maximum absolute atomic E-state index is 12.7. The molecule has 2 saturated heterocycles. The first-order chi connectivity index (χ1) is 10.1. The summed E-state index contributed by atoms with van der Waals surface area (Å²) in [5.74, 6) is -1.66. The van der Waals surface area contributed by atoms with Crippen molar-refractivity contribution in [2.45, 2.75) is 18.6 Å². The Hall–Kier alpha value is -1.98. The Morgan fingerprint density at radius 1 is 1.33 bits per heavy atom. The Balaban J connectivity index is 1.79. The van der Waals surface area contributed by atoms with Crippen LogP contribution in [-0.2, 0) is 14.3 Å². The summed E-state index contributed by atoms with van der Waals surface area (Å²) in [7, 11) is 0. The summed E-state index contributed by atoms with van der Waals surface area (Å²) in [6, 6.07) is 7.31. The molecule has 0 aliphatic carbocycles. The summed E-state index contributed by atoms with van der Waals surface area (Å²) < 4.78 is 5.70. The van der Waals surface area contributed by atoms with Crippen LogP contribution in [0.1, 0.15) is 5.56 Å². The van der Waals surface area contributed by atoms with Crippen LogP contribution in [0.15, 0.2) is 36.4 Å². The third-order valence-electron chi connectivity index (χ3n) is 4.66. The van der Waals surface area contributed by atoms with Gasteiger partial charge in [-0.3, -0.25) is 9.59 Å². The van der Waals surface area contributed by atoms with E-state index in [2.05, 4.69) is 0 Å². The van der Waals surface area contributed by atoms with E-state index in [1.165, 1.54) is 4.90 Å². The first-order valence-corrected chi connectivity index (χ1v) is 7.00. The third kappa shape index (κ3) is 1.47. The SMILES string of the molecule is Cc1cccc(N2C(=O)[C@@H]3[C@H]4C=C[C@@](CO)(O4)[C@H]3C2=O)c1. The molecule has 5 heteroatoms. The van der Waals surface area contributed by atoms with Crippen LogP contribution in [0.25, 0.3) is 0 Å². The van der Waals surface area contributed by atoms with Crippen LogP contribution in [-0.4, -0.2) is 35.2 Å². The number of aryl methyl sites for hydroxylation is 1. The molecule has 0 saturated carbocycles. The van der Waals surface area contributed by atoms with Gasteiger partial charge in [0.25, 0.3) is 0 Å². The normalized spacial score (nSPS) is 36.7. The minimum atomic E-state index is -1.03. The Morgan fingerprint density at radius 3 is 2.86 bits per heavy atom. The average Bonchev–Trinajstić information content (AvgIpc) is 3.10. The molecule has 0 spiro atoms. The Bertz CT molecular complexity index is 683. The van der Waals surface area contributed by atoms with Crippen molar-refractivity contribution in [3.63, 3.8) is 0 Å². The zero-order valence-corrected chi connectivity index (χ0v) is 11.5. The maximum Gasteiger partial charge on any atom is 0.241 e. The standard InChI is InChI=1S/C16H15NO4/c1-9-3-2-4-10(7-9)17-14(19)12-11-5-6-16(8-18,21-11)13(12)15(17)20/h2-7,11-13,18H,8H2,1H3/t11-,12-,13-,16+/m1/s1. The van der Waals surface area contributed by atoms with Crippen LogP contribution in [0.3, 0.4) is 0 Å². The molecule has 0 radical (unpaired) electrons. The van der Waals surface area contributed by atoms with Crippen molar-refractivity contribution >= 4 is 17.5 Å². The van der Waals surface area contributed by atoms with Gasteiger partial charge < -0.3 is 9.84 Å². The number of nitrogens with zero attached hydrogens (tertiary/aromatic N) is 1. The lowest BCUT2D eigenvalue weighted by molar-refractivity contribution is -0.128. The molecule has 0 unspecified atom stereocenters. The topological polar surface area (TPSA) is 66.8 Å². The van der Waals surface area contributed by atoms with Gasteiger partial charge in [-0.2, -0.15) is 0 Å². The van der Waals surface area contributed by atoms with Gasteiger partial charge in [0.2, 0.25) is 11.8 Å². The molecule has 0 aromatic heterocycles. The number of hydrogen-bond acceptors (Lipinski definition) is 4. The predicted molar refractivity (Wildman–Crippen MR) is 74.5 cm³/mol. The van der Waals surface area contributed by atoms with Crippen LogP contribution < -0.4 is 4.90 Å². The Morgan fingerprint density at radius 2 is 2.14 bits per heavy atom. The summed E-state index contributed by atoms with van der Waals surface area (Å²) in [5, 5.41) is 9.64. The van der Waals surface area contributed by atoms with Crippen molar-refractivity contribution in [3.8, 4) is 0 Å². The number of carbonyl (C=O) groups excluding carboxylic acids is 2. The summed E-state index contributed by atoms with van der Waals surface area (Å²) >= 11 is 0. The number of aliphatic hydroxyl groups is 1. The van der Waals surface area contributed by atoms with Crippen molar-refractivity contribution in [2.75, 3.05) is 11.5 Å². The van der Waals surface area contributed by atoms with E-state index in [-0.39, 0.29) is 18.4 Å². The minimum absolute atomic E-state index is 0.236. The van der Waals surface area contributed by atoms with Crippen LogP contribution in [0, 0.1) is 18.8 Å². The summed E-state index contributed by atoms with van der Waals surface area (Å²) in [5.41, 5.74) is 0.548. The second-order valence-corrected chi connectivity index (χ2v) is 5.91. The van der Waals surface area contributed by atoms with Gasteiger partial charge in [0, 0.05) is 0 Å². The van der Waals surface area contributed by atoms with Gasteiger partial charge in [0.1, 0.15) is 5.60 Å². The Labute approximate surface area is 121 Å². The van der Waals surface area contributed by atoms with Gasteiger partial charge >= 0.3 is 0 Å². The number of rotatable bonds is 2. The van der Waals surface area contributed by atoms with E-state index in [1.807, 2.05) is 25.1 Å². The molecular weight excluding hydrogens is 270 g/mol. The predicted octanol–water partition coefficient (Wildman–Crippen LogP) is 0.800.